The predicted octanol–water partition coefficient (Wildman–Crippen LogP) is 4.70. The highest BCUT2D eigenvalue weighted by Crippen LogP contribution is 2.27. The molecule has 5 heteroatoms. The van der Waals surface area contributed by atoms with Crippen molar-refractivity contribution in [1.82, 2.24) is 0 Å². The zero-order chi connectivity index (χ0) is 13.8. The van der Waals surface area contributed by atoms with Crippen molar-refractivity contribution in [3.8, 4) is 12.1 Å². The van der Waals surface area contributed by atoms with E-state index < -0.39 is 0 Å². The van der Waals surface area contributed by atoms with Gasteiger partial charge in [-0.1, -0.05) is 31.9 Å². The number of hydrogen-bond acceptors (Lipinski definition) is 3. The van der Waals surface area contributed by atoms with E-state index in [9.17, 15) is 0 Å². The first-order valence-corrected chi connectivity index (χ1v) is 6.88. The minimum Gasteiger partial charge on any atom is -0.354 e. The van der Waals surface area contributed by atoms with Crippen molar-refractivity contribution in [3.05, 3.63) is 56.5 Å². The number of anilines is 2. The number of nitrogens with zero attached hydrogens (tertiary/aromatic N) is 2. The van der Waals surface area contributed by atoms with Gasteiger partial charge in [0.15, 0.2) is 0 Å². The molecular weight excluding hydrogens is 370 g/mol. The number of halogens is 2. The Morgan fingerprint density at radius 2 is 1.68 bits per heavy atom. The van der Waals surface area contributed by atoms with E-state index in [1.165, 1.54) is 0 Å². The molecule has 2 aromatic rings. The monoisotopic (exact) mass is 375 g/mol. The lowest BCUT2D eigenvalue weighted by molar-refractivity contribution is 1.43. The van der Waals surface area contributed by atoms with Gasteiger partial charge in [-0.3, -0.25) is 0 Å². The Hall–Kier alpha value is -1.82. The summed E-state index contributed by atoms with van der Waals surface area (Å²) in [5, 5.41) is 21.2. The van der Waals surface area contributed by atoms with Crippen LogP contribution in [0, 0.1) is 22.7 Å². The van der Waals surface area contributed by atoms with Gasteiger partial charge in [0.25, 0.3) is 0 Å². The lowest BCUT2D eigenvalue weighted by Crippen LogP contribution is -1.94. The van der Waals surface area contributed by atoms with E-state index in [0.29, 0.717) is 16.8 Å². The summed E-state index contributed by atoms with van der Waals surface area (Å²) >= 11 is 6.72. The molecular formula is C14H7Br2N3. The molecule has 0 aromatic heterocycles. The van der Waals surface area contributed by atoms with Crippen LogP contribution in [0.4, 0.5) is 11.4 Å². The fourth-order valence-corrected chi connectivity index (χ4v) is 2.45. The van der Waals surface area contributed by atoms with Crippen LogP contribution in [-0.4, -0.2) is 0 Å². The minimum absolute atomic E-state index is 0.543. The third kappa shape index (κ3) is 3.35. The van der Waals surface area contributed by atoms with Crippen molar-refractivity contribution in [2.75, 3.05) is 5.32 Å². The number of nitrogens with one attached hydrogen (secondary N) is 1. The van der Waals surface area contributed by atoms with Gasteiger partial charge in [-0.15, -0.1) is 0 Å². The fourth-order valence-electron chi connectivity index (χ4n) is 1.60. The van der Waals surface area contributed by atoms with Crippen molar-refractivity contribution >= 4 is 43.2 Å². The zero-order valence-corrected chi connectivity index (χ0v) is 12.8. The quantitative estimate of drug-likeness (QED) is 0.826. The van der Waals surface area contributed by atoms with Crippen molar-refractivity contribution in [2.45, 2.75) is 0 Å². The number of hydrogen-bond donors (Lipinski definition) is 1. The molecule has 0 aliphatic carbocycles. The molecule has 0 aliphatic heterocycles. The van der Waals surface area contributed by atoms with Gasteiger partial charge in [-0.05, 0) is 36.4 Å². The number of nitriles is 2. The van der Waals surface area contributed by atoms with Crippen molar-refractivity contribution < 1.29 is 0 Å². The molecule has 0 unspecified atom stereocenters. The van der Waals surface area contributed by atoms with E-state index in [1.54, 1.807) is 18.2 Å². The molecule has 1 N–H and O–H groups in total. The van der Waals surface area contributed by atoms with Crippen LogP contribution in [0.5, 0.6) is 0 Å². The molecule has 0 atom stereocenters. The third-order valence-corrected chi connectivity index (χ3v) is 3.36. The summed E-state index contributed by atoms with van der Waals surface area (Å²) < 4.78 is 1.69. The average molecular weight is 377 g/mol. The Bertz CT molecular complexity index is 712. The SMILES string of the molecule is N#Cc1cc(Br)cc(Nc2cc(Br)ccc2C#N)c1. The van der Waals surface area contributed by atoms with E-state index in [0.717, 1.165) is 14.6 Å². The maximum atomic E-state index is 9.08. The van der Waals surface area contributed by atoms with E-state index in [2.05, 4.69) is 49.3 Å². The van der Waals surface area contributed by atoms with Crippen LogP contribution in [0.1, 0.15) is 11.1 Å². The molecule has 0 aliphatic rings. The molecule has 0 saturated heterocycles. The van der Waals surface area contributed by atoms with Gasteiger partial charge >= 0.3 is 0 Å². The summed E-state index contributed by atoms with van der Waals surface area (Å²) in [4.78, 5) is 0. The minimum atomic E-state index is 0.543. The van der Waals surface area contributed by atoms with Crippen LogP contribution in [0.15, 0.2) is 45.3 Å². The van der Waals surface area contributed by atoms with Crippen molar-refractivity contribution in [2.24, 2.45) is 0 Å². The molecule has 0 bridgehead atoms. The lowest BCUT2D eigenvalue weighted by Gasteiger charge is -2.09. The van der Waals surface area contributed by atoms with E-state index in [1.807, 2.05) is 18.2 Å². The lowest BCUT2D eigenvalue weighted by atomic mass is 10.1. The highest BCUT2D eigenvalue weighted by Gasteiger charge is 2.05. The van der Waals surface area contributed by atoms with Gasteiger partial charge in [-0.25, -0.2) is 0 Å². The smallest absolute Gasteiger partial charge is 0.101 e. The van der Waals surface area contributed by atoms with E-state index in [4.69, 9.17) is 10.5 Å². The van der Waals surface area contributed by atoms with Crippen molar-refractivity contribution in [1.29, 1.82) is 10.5 Å². The summed E-state index contributed by atoms with van der Waals surface area (Å²) in [5.74, 6) is 0. The normalized spacial score (nSPS) is 9.47. The molecule has 0 radical (unpaired) electrons. The maximum Gasteiger partial charge on any atom is 0.101 e. The van der Waals surface area contributed by atoms with Crippen LogP contribution in [0.2, 0.25) is 0 Å². The standard InChI is InChI=1S/C14H7Br2N3/c15-11-2-1-10(8-18)14(6-11)19-13-4-9(7-17)3-12(16)5-13/h1-6,19H. The predicted molar refractivity (Wildman–Crippen MR) is 81.0 cm³/mol. The van der Waals surface area contributed by atoms with E-state index in [-0.39, 0.29) is 0 Å². The second-order valence-corrected chi connectivity index (χ2v) is 5.60. The molecule has 0 fully saturated rings. The Balaban J connectivity index is 2.42. The first-order valence-electron chi connectivity index (χ1n) is 5.30. The van der Waals surface area contributed by atoms with Gasteiger partial charge in [-0.2, -0.15) is 10.5 Å². The Labute approximate surface area is 127 Å². The topological polar surface area (TPSA) is 59.6 Å². The molecule has 0 heterocycles. The molecule has 19 heavy (non-hydrogen) atoms. The first-order chi connectivity index (χ1) is 9.12. The Kier molecular flexibility index (Phi) is 4.21. The molecule has 0 saturated carbocycles. The Morgan fingerprint density at radius 1 is 0.895 bits per heavy atom. The van der Waals surface area contributed by atoms with Gasteiger partial charge < -0.3 is 5.32 Å². The van der Waals surface area contributed by atoms with Crippen LogP contribution in [0.25, 0.3) is 0 Å². The summed E-state index contributed by atoms with van der Waals surface area (Å²) in [7, 11) is 0. The van der Waals surface area contributed by atoms with Gasteiger partial charge in [0.05, 0.1) is 22.9 Å². The average Bonchev–Trinajstić information content (AvgIpc) is 2.38. The molecule has 2 aromatic carbocycles. The maximum absolute atomic E-state index is 9.08. The largest absolute Gasteiger partial charge is 0.354 e. The van der Waals surface area contributed by atoms with Crippen LogP contribution in [0.3, 0.4) is 0 Å². The molecule has 92 valence electrons. The highest BCUT2D eigenvalue weighted by molar-refractivity contribution is 9.10. The number of rotatable bonds is 2. The van der Waals surface area contributed by atoms with Crippen molar-refractivity contribution in [3.63, 3.8) is 0 Å². The third-order valence-electron chi connectivity index (χ3n) is 2.41. The van der Waals surface area contributed by atoms with Gasteiger partial charge in [0.2, 0.25) is 0 Å². The summed E-state index contributed by atoms with van der Waals surface area (Å²) in [6.45, 7) is 0. The van der Waals surface area contributed by atoms with Gasteiger partial charge in [0, 0.05) is 14.6 Å². The second kappa shape index (κ2) is 5.88. The van der Waals surface area contributed by atoms with Gasteiger partial charge in [0.1, 0.15) is 6.07 Å². The highest BCUT2D eigenvalue weighted by atomic mass is 79.9. The molecule has 3 nitrogen and oxygen atoms in total. The summed E-state index contributed by atoms with van der Waals surface area (Å²) in [6, 6.07) is 14.9. The molecule has 2 rings (SSSR count). The first kappa shape index (κ1) is 13.6. The Morgan fingerprint density at radius 3 is 2.37 bits per heavy atom. The number of benzene rings is 2. The molecule has 0 spiro atoms. The summed E-state index contributed by atoms with van der Waals surface area (Å²) in [6.07, 6.45) is 0. The molecule has 0 amide bonds. The van der Waals surface area contributed by atoms with E-state index >= 15 is 0 Å². The van der Waals surface area contributed by atoms with Crippen LogP contribution >= 0.6 is 31.9 Å². The summed E-state index contributed by atoms with van der Waals surface area (Å²) in [5.41, 5.74) is 2.53. The van der Waals surface area contributed by atoms with Crippen LogP contribution in [-0.2, 0) is 0 Å². The zero-order valence-electron chi connectivity index (χ0n) is 9.61. The fraction of sp³-hybridized carbons (Fsp3) is 0. The second-order valence-electron chi connectivity index (χ2n) is 3.77. The van der Waals surface area contributed by atoms with Crippen LogP contribution < -0.4 is 5.32 Å².